The van der Waals surface area contributed by atoms with Crippen LogP contribution < -0.4 is 5.32 Å². The molecular weight excluding hydrogens is 220 g/mol. The van der Waals surface area contributed by atoms with E-state index < -0.39 is 0 Å². The van der Waals surface area contributed by atoms with Gasteiger partial charge in [0.1, 0.15) is 0 Å². The quantitative estimate of drug-likeness (QED) is 0.736. The van der Waals surface area contributed by atoms with Gasteiger partial charge in [-0.15, -0.1) is 0 Å². The molecule has 1 aromatic carbocycles. The van der Waals surface area contributed by atoms with E-state index in [0.29, 0.717) is 0 Å². The second-order valence-corrected chi connectivity index (χ2v) is 4.52. The van der Waals surface area contributed by atoms with Gasteiger partial charge in [0.05, 0.1) is 10.2 Å². The molecule has 0 unspecified atom stereocenters. The van der Waals surface area contributed by atoms with Gasteiger partial charge in [0.2, 0.25) is 0 Å². The van der Waals surface area contributed by atoms with Gasteiger partial charge in [0, 0.05) is 19.3 Å². The van der Waals surface area contributed by atoms with E-state index in [1.54, 1.807) is 16.0 Å². The normalized spacial score (nSPS) is 10.8. The Balaban J connectivity index is 1.95. The maximum atomic E-state index is 4.48. The van der Waals surface area contributed by atoms with Crippen LogP contribution in [0.1, 0.15) is 0 Å². The van der Waals surface area contributed by atoms with Crippen molar-refractivity contribution in [3.05, 3.63) is 36.5 Å². The molecule has 0 amide bonds. The number of aromatic nitrogens is 3. The van der Waals surface area contributed by atoms with Crippen LogP contribution in [-0.2, 0) is 7.05 Å². The monoisotopic (exact) mass is 230 g/mol. The lowest BCUT2D eigenvalue weighted by molar-refractivity contribution is 0.771. The summed E-state index contributed by atoms with van der Waals surface area (Å²) in [4.78, 5) is 4.48. The van der Waals surface area contributed by atoms with E-state index in [1.807, 2.05) is 37.5 Å². The van der Waals surface area contributed by atoms with Crippen molar-refractivity contribution in [2.24, 2.45) is 7.05 Å². The lowest BCUT2D eigenvalue weighted by atomic mass is 10.3. The van der Waals surface area contributed by atoms with Gasteiger partial charge in [0.15, 0.2) is 10.9 Å². The molecule has 0 aliphatic rings. The number of anilines is 2. The van der Waals surface area contributed by atoms with Crippen LogP contribution >= 0.6 is 11.3 Å². The van der Waals surface area contributed by atoms with Crippen molar-refractivity contribution in [3.63, 3.8) is 0 Å². The number of hydrogen-bond donors (Lipinski definition) is 1. The first-order chi connectivity index (χ1) is 7.81. The molecule has 3 aromatic rings. The smallest absolute Gasteiger partial charge is 0.189 e. The fraction of sp³-hybridized carbons (Fsp3) is 0.0909. The average Bonchev–Trinajstić information content (AvgIpc) is 2.84. The standard InChI is InChI=1S/C11H10N4S/c1-15-7-6-10(14-15)13-11-12-8-4-2-3-5-9(8)16-11/h2-7H,1H3,(H,12,13,14). The molecule has 2 aromatic heterocycles. The van der Waals surface area contributed by atoms with E-state index in [2.05, 4.69) is 21.5 Å². The number of hydrogen-bond acceptors (Lipinski definition) is 4. The first-order valence-electron chi connectivity index (χ1n) is 4.93. The summed E-state index contributed by atoms with van der Waals surface area (Å²) in [6.07, 6.45) is 1.90. The molecule has 3 rings (SSSR count). The SMILES string of the molecule is Cn1ccc(Nc2nc3ccccc3s2)n1. The Morgan fingerprint density at radius 3 is 2.88 bits per heavy atom. The molecule has 0 saturated heterocycles. The van der Waals surface area contributed by atoms with Gasteiger partial charge in [-0.25, -0.2) is 4.98 Å². The van der Waals surface area contributed by atoms with E-state index in [9.17, 15) is 0 Å². The number of nitrogens with zero attached hydrogens (tertiary/aromatic N) is 3. The Kier molecular flexibility index (Phi) is 2.11. The zero-order chi connectivity index (χ0) is 11.0. The second-order valence-electron chi connectivity index (χ2n) is 3.49. The van der Waals surface area contributed by atoms with E-state index in [4.69, 9.17) is 0 Å². The highest BCUT2D eigenvalue weighted by Crippen LogP contribution is 2.27. The largest absolute Gasteiger partial charge is 0.315 e. The van der Waals surface area contributed by atoms with E-state index in [1.165, 1.54) is 4.70 Å². The van der Waals surface area contributed by atoms with Gasteiger partial charge in [0.25, 0.3) is 0 Å². The molecule has 0 atom stereocenters. The fourth-order valence-electron chi connectivity index (χ4n) is 1.52. The highest BCUT2D eigenvalue weighted by Gasteiger charge is 2.04. The van der Waals surface area contributed by atoms with E-state index >= 15 is 0 Å². The molecule has 0 spiro atoms. The number of benzene rings is 1. The highest BCUT2D eigenvalue weighted by atomic mass is 32.1. The second kappa shape index (κ2) is 3.61. The number of fused-ring (bicyclic) bond motifs is 1. The molecule has 2 heterocycles. The molecule has 0 fully saturated rings. The molecule has 4 nitrogen and oxygen atoms in total. The summed E-state index contributed by atoms with van der Waals surface area (Å²) in [5.74, 6) is 0.821. The van der Waals surface area contributed by atoms with E-state index in [0.717, 1.165) is 16.5 Å². The highest BCUT2D eigenvalue weighted by molar-refractivity contribution is 7.22. The Morgan fingerprint density at radius 2 is 2.12 bits per heavy atom. The van der Waals surface area contributed by atoms with Gasteiger partial charge in [-0.3, -0.25) is 4.68 Å². The molecule has 1 N–H and O–H groups in total. The minimum Gasteiger partial charge on any atom is -0.315 e. The van der Waals surface area contributed by atoms with Crippen molar-refractivity contribution in [2.75, 3.05) is 5.32 Å². The zero-order valence-corrected chi connectivity index (χ0v) is 9.53. The maximum Gasteiger partial charge on any atom is 0.189 e. The summed E-state index contributed by atoms with van der Waals surface area (Å²) in [7, 11) is 1.89. The predicted molar refractivity (Wildman–Crippen MR) is 66.1 cm³/mol. The van der Waals surface area contributed by atoms with Gasteiger partial charge in [-0.2, -0.15) is 5.10 Å². The molecule has 0 radical (unpaired) electrons. The fourth-order valence-corrected chi connectivity index (χ4v) is 2.39. The molecule has 16 heavy (non-hydrogen) atoms. The van der Waals surface area contributed by atoms with Crippen LogP contribution in [-0.4, -0.2) is 14.8 Å². The van der Waals surface area contributed by atoms with Gasteiger partial charge in [-0.1, -0.05) is 23.5 Å². The summed E-state index contributed by atoms with van der Waals surface area (Å²) in [5, 5.41) is 8.31. The zero-order valence-electron chi connectivity index (χ0n) is 8.71. The lowest BCUT2D eigenvalue weighted by Gasteiger charge is -1.94. The summed E-state index contributed by atoms with van der Waals surface area (Å²) in [5.41, 5.74) is 1.02. The summed E-state index contributed by atoms with van der Waals surface area (Å²) in [6, 6.07) is 10.0. The number of nitrogens with one attached hydrogen (secondary N) is 1. The molecule has 5 heteroatoms. The van der Waals surface area contributed by atoms with Gasteiger partial charge < -0.3 is 5.32 Å². The summed E-state index contributed by atoms with van der Waals surface area (Å²) < 4.78 is 2.94. The Bertz CT molecular complexity index is 592. The van der Waals surface area contributed by atoms with Crippen molar-refractivity contribution in [3.8, 4) is 0 Å². The summed E-state index contributed by atoms with van der Waals surface area (Å²) >= 11 is 1.63. The Morgan fingerprint density at radius 1 is 1.25 bits per heavy atom. The molecular formula is C11H10N4S. The number of rotatable bonds is 2. The minimum absolute atomic E-state index is 0.821. The minimum atomic E-state index is 0.821. The molecule has 80 valence electrons. The molecule has 0 bridgehead atoms. The third kappa shape index (κ3) is 1.65. The summed E-state index contributed by atoms with van der Waals surface area (Å²) in [6.45, 7) is 0. The average molecular weight is 230 g/mol. The first-order valence-corrected chi connectivity index (χ1v) is 5.75. The van der Waals surface area contributed by atoms with Gasteiger partial charge in [-0.05, 0) is 12.1 Å². The van der Waals surface area contributed by atoms with Crippen LogP contribution in [0.25, 0.3) is 10.2 Å². The third-order valence-electron chi connectivity index (χ3n) is 2.24. The molecule has 0 aliphatic heterocycles. The number of para-hydroxylation sites is 1. The Labute approximate surface area is 96.6 Å². The Hall–Kier alpha value is -1.88. The first kappa shape index (κ1) is 9.35. The number of aryl methyl sites for hydroxylation is 1. The lowest BCUT2D eigenvalue weighted by Crippen LogP contribution is -1.92. The topological polar surface area (TPSA) is 42.7 Å². The molecule has 0 saturated carbocycles. The van der Waals surface area contributed by atoms with Crippen LogP contribution in [0.3, 0.4) is 0 Å². The van der Waals surface area contributed by atoms with Crippen LogP contribution in [0.2, 0.25) is 0 Å². The van der Waals surface area contributed by atoms with E-state index in [-0.39, 0.29) is 0 Å². The van der Waals surface area contributed by atoms with Crippen molar-refractivity contribution in [1.29, 1.82) is 0 Å². The molecule has 0 aliphatic carbocycles. The van der Waals surface area contributed by atoms with Crippen molar-refractivity contribution < 1.29 is 0 Å². The van der Waals surface area contributed by atoms with Crippen LogP contribution in [0.5, 0.6) is 0 Å². The van der Waals surface area contributed by atoms with Crippen molar-refractivity contribution in [2.45, 2.75) is 0 Å². The predicted octanol–water partition coefficient (Wildman–Crippen LogP) is 2.77. The van der Waals surface area contributed by atoms with Crippen LogP contribution in [0, 0.1) is 0 Å². The maximum absolute atomic E-state index is 4.48. The van der Waals surface area contributed by atoms with Gasteiger partial charge >= 0.3 is 0 Å². The van der Waals surface area contributed by atoms with Crippen LogP contribution in [0.15, 0.2) is 36.5 Å². The third-order valence-corrected chi connectivity index (χ3v) is 3.19. The van der Waals surface area contributed by atoms with Crippen LogP contribution in [0.4, 0.5) is 10.9 Å². The van der Waals surface area contributed by atoms with Crippen molar-refractivity contribution in [1.82, 2.24) is 14.8 Å². The number of thiazole rings is 1. The van der Waals surface area contributed by atoms with Crippen molar-refractivity contribution >= 4 is 32.5 Å².